The van der Waals surface area contributed by atoms with E-state index < -0.39 is 12.1 Å². The fourth-order valence-electron chi connectivity index (χ4n) is 2.59. The van der Waals surface area contributed by atoms with Crippen LogP contribution in [0.25, 0.3) is 10.9 Å². The van der Waals surface area contributed by atoms with E-state index >= 15 is 0 Å². The highest BCUT2D eigenvalue weighted by Crippen LogP contribution is 2.35. The molecule has 5 heteroatoms. The van der Waals surface area contributed by atoms with Gasteiger partial charge in [0.2, 0.25) is 0 Å². The molecule has 1 heterocycles. The molecular formula is C14H17NO4. The average Bonchev–Trinajstić information content (AvgIpc) is 2.59. The Bertz CT molecular complexity index is 642. The van der Waals surface area contributed by atoms with Crippen LogP contribution in [0.4, 0.5) is 0 Å². The number of aliphatic carboxylic acids is 1. The molecule has 0 saturated heterocycles. The van der Waals surface area contributed by atoms with Gasteiger partial charge >= 0.3 is 5.97 Å². The number of rotatable bonds is 3. The van der Waals surface area contributed by atoms with Gasteiger partial charge in [0.15, 0.2) is 6.10 Å². The number of aromatic hydroxyl groups is 1. The molecule has 1 atom stereocenters. The Morgan fingerprint density at radius 2 is 1.95 bits per heavy atom. The maximum Gasteiger partial charge on any atom is 0.337 e. The minimum absolute atomic E-state index is 0.0484. The van der Waals surface area contributed by atoms with Crippen molar-refractivity contribution < 1.29 is 20.1 Å². The standard InChI is InChI=1S/C14H17NO4/c1-7(2)15-8(3)12(13(17)14(18)19)10-6-9(16)4-5-11(10)15/h4-7,13,16-17H,1-3H3,(H,18,19). The highest BCUT2D eigenvalue weighted by atomic mass is 16.4. The quantitative estimate of drug-likeness (QED) is 0.793. The first-order valence-electron chi connectivity index (χ1n) is 6.09. The van der Waals surface area contributed by atoms with Crippen molar-refractivity contribution in [3.63, 3.8) is 0 Å². The van der Waals surface area contributed by atoms with Gasteiger partial charge in [-0.3, -0.25) is 0 Å². The van der Waals surface area contributed by atoms with Gasteiger partial charge in [-0.05, 0) is 39.0 Å². The van der Waals surface area contributed by atoms with Gasteiger partial charge in [0.05, 0.1) is 0 Å². The number of phenols is 1. The second-order valence-corrected chi connectivity index (χ2v) is 4.91. The van der Waals surface area contributed by atoms with Crippen molar-refractivity contribution in [3.8, 4) is 5.75 Å². The number of carboxylic acids is 1. The van der Waals surface area contributed by atoms with Gasteiger partial charge in [-0.15, -0.1) is 0 Å². The molecule has 0 aliphatic rings. The van der Waals surface area contributed by atoms with Crippen molar-refractivity contribution in [1.82, 2.24) is 4.57 Å². The number of hydrogen-bond donors (Lipinski definition) is 3. The van der Waals surface area contributed by atoms with Crippen LogP contribution in [-0.2, 0) is 4.79 Å². The molecule has 102 valence electrons. The van der Waals surface area contributed by atoms with Crippen LogP contribution in [0.3, 0.4) is 0 Å². The van der Waals surface area contributed by atoms with E-state index in [1.807, 2.05) is 18.4 Å². The largest absolute Gasteiger partial charge is 0.508 e. The van der Waals surface area contributed by atoms with Crippen LogP contribution in [-0.4, -0.2) is 25.9 Å². The summed E-state index contributed by atoms with van der Waals surface area (Å²) in [5, 5.41) is 29.0. The molecule has 1 aromatic carbocycles. The lowest BCUT2D eigenvalue weighted by molar-refractivity contribution is -0.146. The third-order valence-corrected chi connectivity index (χ3v) is 3.30. The third-order valence-electron chi connectivity index (χ3n) is 3.30. The fourth-order valence-corrected chi connectivity index (χ4v) is 2.59. The summed E-state index contributed by atoms with van der Waals surface area (Å²) in [6.07, 6.45) is -1.59. The first-order chi connectivity index (χ1) is 8.84. The van der Waals surface area contributed by atoms with Gasteiger partial charge in [-0.25, -0.2) is 4.79 Å². The highest BCUT2D eigenvalue weighted by Gasteiger charge is 2.26. The summed E-state index contributed by atoms with van der Waals surface area (Å²) in [7, 11) is 0. The van der Waals surface area contributed by atoms with Crippen LogP contribution < -0.4 is 0 Å². The Balaban J connectivity index is 2.85. The maximum atomic E-state index is 11.0. The molecule has 0 fully saturated rings. The van der Waals surface area contributed by atoms with Gasteiger partial charge in [0.25, 0.3) is 0 Å². The number of benzene rings is 1. The number of fused-ring (bicyclic) bond motifs is 1. The van der Waals surface area contributed by atoms with Gasteiger partial charge in [0, 0.05) is 28.2 Å². The minimum Gasteiger partial charge on any atom is -0.508 e. The zero-order valence-electron chi connectivity index (χ0n) is 11.1. The molecule has 0 spiro atoms. The maximum absolute atomic E-state index is 11.0. The Morgan fingerprint density at radius 1 is 1.32 bits per heavy atom. The van der Waals surface area contributed by atoms with Crippen molar-refractivity contribution >= 4 is 16.9 Å². The molecule has 0 saturated carbocycles. The highest BCUT2D eigenvalue weighted by molar-refractivity contribution is 5.91. The van der Waals surface area contributed by atoms with Crippen LogP contribution >= 0.6 is 0 Å². The van der Waals surface area contributed by atoms with E-state index in [1.54, 1.807) is 19.1 Å². The second kappa shape index (κ2) is 4.59. The Hall–Kier alpha value is -2.01. The molecule has 1 unspecified atom stereocenters. The molecular weight excluding hydrogens is 246 g/mol. The van der Waals surface area contributed by atoms with Crippen LogP contribution in [0.2, 0.25) is 0 Å². The topological polar surface area (TPSA) is 82.7 Å². The van der Waals surface area contributed by atoms with Crippen molar-refractivity contribution in [2.45, 2.75) is 32.9 Å². The predicted octanol–water partition coefficient (Wildman–Crippen LogP) is 2.35. The van der Waals surface area contributed by atoms with Gasteiger partial charge in [-0.2, -0.15) is 0 Å². The van der Waals surface area contributed by atoms with E-state index in [-0.39, 0.29) is 11.8 Å². The monoisotopic (exact) mass is 263 g/mol. The molecule has 0 bridgehead atoms. The van der Waals surface area contributed by atoms with E-state index in [9.17, 15) is 15.0 Å². The van der Waals surface area contributed by atoms with Crippen LogP contribution in [0.15, 0.2) is 18.2 Å². The first kappa shape index (κ1) is 13.4. The second-order valence-electron chi connectivity index (χ2n) is 4.91. The SMILES string of the molecule is Cc1c(C(O)C(=O)O)c2cc(O)ccc2n1C(C)C. The van der Waals surface area contributed by atoms with Crippen LogP contribution in [0.1, 0.15) is 37.3 Å². The lowest BCUT2D eigenvalue weighted by atomic mass is 10.1. The van der Waals surface area contributed by atoms with E-state index in [0.717, 1.165) is 5.52 Å². The number of carboxylic acid groups (broad SMARTS) is 1. The van der Waals surface area contributed by atoms with Gasteiger partial charge in [-0.1, -0.05) is 0 Å². The number of aliphatic hydroxyl groups is 1. The molecule has 2 rings (SSSR count). The molecule has 0 aliphatic carbocycles. The van der Waals surface area contributed by atoms with Crippen LogP contribution in [0.5, 0.6) is 5.75 Å². The van der Waals surface area contributed by atoms with Crippen LogP contribution in [0, 0.1) is 6.92 Å². The summed E-state index contributed by atoms with van der Waals surface area (Å²) in [5.41, 5.74) is 1.85. The van der Waals surface area contributed by atoms with Crippen molar-refractivity contribution in [3.05, 3.63) is 29.5 Å². The number of nitrogens with zero attached hydrogens (tertiary/aromatic N) is 1. The molecule has 5 nitrogen and oxygen atoms in total. The number of aromatic nitrogens is 1. The summed E-state index contributed by atoms with van der Waals surface area (Å²) in [5.74, 6) is -1.25. The summed E-state index contributed by atoms with van der Waals surface area (Å²) >= 11 is 0. The number of phenolic OH excluding ortho intramolecular Hbond substituents is 1. The lowest BCUT2D eigenvalue weighted by Crippen LogP contribution is -2.12. The van der Waals surface area contributed by atoms with Crippen molar-refractivity contribution in [2.24, 2.45) is 0 Å². The van der Waals surface area contributed by atoms with E-state index in [1.165, 1.54) is 6.07 Å². The smallest absolute Gasteiger partial charge is 0.337 e. The minimum atomic E-state index is -1.59. The summed E-state index contributed by atoms with van der Waals surface area (Å²) in [6.45, 7) is 5.74. The van der Waals surface area contributed by atoms with Crippen molar-refractivity contribution in [1.29, 1.82) is 0 Å². The summed E-state index contributed by atoms with van der Waals surface area (Å²) in [4.78, 5) is 11.0. The third kappa shape index (κ3) is 2.06. The average molecular weight is 263 g/mol. The molecule has 2 aromatic rings. The van der Waals surface area contributed by atoms with E-state index in [4.69, 9.17) is 5.11 Å². The molecule has 1 aromatic heterocycles. The van der Waals surface area contributed by atoms with Gasteiger partial charge in [0.1, 0.15) is 5.75 Å². The predicted molar refractivity (Wildman–Crippen MR) is 71.3 cm³/mol. The molecule has 3 N–H and O–H groups in total. The normalized spacial score (nSPS) is 13.1. The van der Waals surface area contributed by atoms with E-state index in [0.29, 0.717) is 16.6 Å². The lowest BCUT2D eigenvalue weighted by Gasteiger charge is -2.13. The summed E-state index contributed by atoms with van der Waals surface area (Å²) < 4.78 is 1.95. The number of carbonyl (C=O) groups is 1. The molecule has 0 radical (unpaired) electrons. The van der Waals surface area contributed by atoms with E-state index in [2.05, 4.69) is 0 Å². The first-order valence-corrected chi connectivity index (χ1v) is 6.09. The number of hydrogen-bond acceptors (Lipinski definition) is 3. The Labute approximate surface area is 110 Å². The number of aliphatic hydroxyl groups excluding tert-OH is 1. The zero-order valence-corrected chi connectivity index (χ0v) is 11.1. The Morgan fingerprint density at radius 3 is 2.47 bits per heavy atom. The Kier molecular flexibility index (Phi) is 3.24. The fraction of sp³-hybridized carbons (Fsp3) is 0.357. The van der Waals surface area contributed by atoms with Crippen molar-refractivity contribution in [2.75, 3.05) is 0 Å². The summed E-state index contributed by atoms with van der Waals surface area (Å²) in [6, 6.07) is 4.90. The molecule has 19 heavy (non-hydrogen) atoms. The molecule has 0 amide bonds. The zero-order chi connectivity index (χ0) is 14.3. The van der Waals surface area contributed by atoms with Gasteiger partial charge < -0.3 is 19.9 Å². The molecule has 0 aliphatic heterocycles.